The average molecular weight is 297 g/mol. The van der Waals surface area contributed by atoms with E-state index >= 15 is 0 Å². The molecule has 1 aromatic heterocycles. The Morgan fingerprint density at radius 3 is 2.71 bits per heavy atom. The first-order valence-corrected chi connectivity index (χ1v) is 8.10. The van der Waals surface area contributed by atoms with Gasteiger partial charge in [-0.15, -0.1) is 11.3 Å². The highest BCUT2D eigenvalue weighted by Crippen LogP contribution is 2.29. The van der Waals surface area contributed by atoms with Crippen molar-refractivity contribution < 1.29 is 4.74 Å². The van der Waals surface area contributed by atoms with Crippen molar-refractivity contribution in [3.05, 3.63) is 65.0 Å². The van der Waals surface area contributed by atoms with Gasteiger partial charge >= 0.3 is 0 Å². The topological polar surface area (TPSA) is 35.2 Å². The maximum atomic E-state index is 6.16. The first-order valence-electron chi connectivity index (χ1n) is 7.22. The Kier molecular flexibility index (Phi) is 4.23. The number of thiophene rings is 1. The van der Waals surface area contributed by atoms with Crippen LogP contribution in [0.2, 0.25) is 0 Å². The van der Waals surface area contributed by atoms with E-state index in [0.717, 1.165) is 17.7 Å². The zero-order chi connectivity index (χ0) is 14.7. The second-order valence-corrected chi connectivity index (χ2v) is 6.01. The minimum Gasteiger partial charge on any atom is -0.489 e. The first-order chi connectivity index (χ1) is 10.3. The van der Waals surface area contributed by atoms with Crippen LogP contribution in [-0.4, -0.2) is 0 Å². The molecule has 0 fully saturated rings. The molecule has 0 aliphatic rings. The standard InChI is InChI=1S/C18H19NOS/c1-2-16(19)15-8-3-5-9-17(15)20-11-13-12-21-18-10-6-4-7-14(13)18/h3-10,12,16H,2,11,19H2,1H3/t16-/m1/s1. The Bertz CT molecular complexity index is 735. The molecular formula is C18H19NOS. The summed E-state index contributed by atoms with van der Waals surface area (Å²) in [5.74, 6) is 0.891. The van der Waals surface area contributed by atoms with Crippen LogP contribution >= 0.6 is 11.3 Å². The van der Waals surface area contributed by atoms with Crippen LogP contribution in [0.5, 0.6) is 5.75 Å². The molecule has 0 saturated carbocycles. The monoisotopic (exact) mass is 297 g/mol. The van der Waals surface area contributed by atoms with Crippen molar-refractivity contribution in [3.63, 3.8) is 0 Å². The Balaban J connectivity index is 1.82. The number of nitrogens with two attached hydrogens (primary N) is 1. The third-order valence-corrected chi connectivity index (χ3v) is 4.71. The van der Waals surface area contributed by atoms with E-state index in [1.807, 2.05) is 18.2 Å². The van der Waals surface area contributed by atoms with Gasteiger partial charge < -0.3 is 10.5 Å². The van der Waals surface area contributed by atoms with E-state index < -0.39 is 0 Å². The van der Waals surface area contributed by atoms with Gasteiger partial charge in [0.1, 0.15) is 12.4 Å². The summed E-state index contributed by atoms with van der Waals surface area (Å²) in [6, 6.07) is 16.5. The highest BCUT2D eigenvalue weighted by Gasteiger charge is 2.11. The Labute approximate surface area is 129 Å². The molecule has 1 heterocycles. The molecule has 3 rings (SSSR count). The molecule has 108 valence electrons. The van der Waals surface area contributed by atoms with Crippen LogP contribution < -0.4 is 10.5 Å². The number of fused-ring (bicyclic) bond motifs is 1. The Morgan fingerprint density at radius 1 is 1.10 bits per heavy atom. The van der Waals surface area contributed by atoms with E-state index in [-0.39, 0.29) is 6.04 Å². The zero-order valence-electron chi connectivity index (χ0n) is 12.1. The van der Waals surface area contributed by atoms with E-state index in [2.05, 4.69) is 42.6 Å². The number of benzene rings is 2. The van der Waals surface area contributed by atoms with Gasteiger partial charge in [0.25, 0.3) is 0 Å². The van der Waals surface area contributed by atoms with E-state index in [9.17, 15) is 0 Å². The van der Waals surface area contributed by atoms with Gasteiger partial charge in [0, 0.05) is 21.9 Å². The predicted molar refractivity (Wildman–Crippen MR) is 89.8 cm³/mol. The van der Waals surface area contributed by atoms with Gasteiger partial charge in [0.15, 0.2) is 0 Å². The molecule has 21 heavy (non-hydrogen) atoms. The zero-order valence-corrected chi connectivity index (χ0v) is 12.9. The molecule has 3 heteroatoms. The minimum absolute atomic E-state index is 0.0282. The first kappa shape index (κ1) is 14.1. The van der Waals surface area contributed by atoms with Crippen molar-refractivity contribution >= 4 is 21.4 Å². The molecule has 0 radical (unpaired) electrons. The van der Waals surface area contributed by atoms with Crippen LogP contribution in [0.25, 0.3) is 10.1 Å². The highest BCUT2D eigenvalue weighted by atomic mass is 32.1. The minimum atomic E-state index is 0.0282. The summed E-state index contributed by atoms with van der Waals surface area (Å²) < 4.78 is 7.34. The molecule has 0 bridgehead atoms. The molecule has 0 saturated heterocycles. The predicted octanol–water partition coefficient (Wildman–Crippen LogP) is 4.89. The van der Waals surface area contributed by atoms with E-state index in [4.69, 9.17) is 10.5 Å². The lowest BCUT2D eigenvalue weighted by Crippen LogP contribution is -2.10. The van der Waals surface area contributed by atoms with Gasteiger partial charge in [-0.25, -0.2) is 0 Å². The fourth-order valence-electron chi connectivity index (χ4n) is 2.44. The second-order valence-electron chi connectivity index (χ2n) is 5.10. The Hall–Kier alpha value is -1.84. The van der Waals surface area contributed by atoms with Gasteiger partial charge in [-0.2, -0.15) is 0 Å². The van der Waals surface area contributed by atoms with E-state index in [1.54, 1.807) is 11.3 Å². The van der Waals surface area contributed by atoms with Gasteiger partial charge in [-0.1, -0.05) is 43.3 Å². The number of para-hydroxylation sites is 1. The second kappa shape index (κ2) is 6.29. The van der Waals surface area contributed by atoms with Crippen LogP contribution in [-0.2, 0) is 6.61 Å². The third kappa shape index (κ3) is 2.94. The molecule has 0 aliphatic carbocycles. The van der Waals surface area contributed by atoms with Crippen LogP contribution in [0, 0.1) is 0 Å². The van der Waals surface area contributed by atoms with Crippen molar-refractivity contribution in [2.75, 3.05) is 0 Å². The molecule has 2 nitrogen and oxygen atoms in total. The molecule has 2 aromatic carbocycles. The third-order valence-electron chi connectivity index (χ3n) is 3.70. The summed E-state index contributed by atoms with van der Waals surface area (Å²) >= 11 is 1.76. The van der Waals surface area contributed by atoms with Crippen molar-refractivity contribution in [3.8, 4) is 5.75 Å². The summed E-state index contributed by atoms with van der Waals surface area (Å²) in [5, 5.41) is 3.45. The lowest BCUT2D eigenvalue weighted by molar-refractivity contribution is 0.302. The van der Waals surface area contributed by atoms with Gasteiger partial charge in [0.05, 0.1) is 0 Å². The van der Waals surface area contributed by atoms with Crippen LogP contribution in [0.15, 0.2) is 53.9 Å². The number of hydrogen-bond donors (Lipinski definition) is 1. The summed E-state index contributed by atoms with van der Waals surface area (Å²) in [7, 11) is 0. The summed E-state index contributed by atoms with van der Waals surface area (Å²) in [6.07, 6.45) is 0.905. The molecule has 1 atom stereocenters. The summed E-state index contributed by atoms with van der Waals surface area (Å²) in [6.45, 7) is 2.67. The molecule has 2 N–H and O–H groups in total. The van der Waals surface area contributed by atoms with E-state index in [1.165, 1.54) is 15.6 Å². The van der Waals surface area contributed by atoms with E-state index in [0.29, 0.717) is 6.61 Å². The SMILES string of the molecule is CC[C@@H](N)c1ccccc1OCc1csc2ccccc12. The van der Waals surface area contributed by atoms with Crippen LogP contribution in [0.1, 0.15) is 30.5 Å². The summed E-state index contributed by atoms with van der Waals surface area (Å²) in [5.41, 5.74) is 8.47. The number of ether oxygens (including phenoxy) is 1. The smallest absolute Gasteiger partial charge is 0.124 e. The maximum Gasteiger partial charge on any atom is 0.124 e. The highest BCUT2D eigenvalue weighted by molar-refractivity contribution is 7.17. The van der Waals surface area contributed by atoms with Crippen molar-refractivity contribution in [1.82, 2.24) is 0 Å². The van der Waals surface area contributed by atoms with Crippen LogP contribution in [0.4, 0.5) is 0 Å². The fraction of sp³-hybridized carbons (Fsp3) is 0.222. The summed E-state index contributed by atoms with van der Waals surface area (Å²) in [4.78, 5) is 0. The van der Waals surface area contributed by atoms with Crippen molar-refractivity contribution in [2.45, 2.75) is 26.0 Å². The van der Waals surface area contributed by atoms with Crippen molar-refractivity contribution in [1.29, 1.82) is 0 Å². The molecule has 0 spiro atoms. The van der Waals surface area contributed by atoms with Crippen LogP contribution in [0.3, 0.4) is 0 Å². The molecule has 3 aromatic rings. The largest absolute Gasteiger partial charge is 0.489 e. The molecule has 0 aliphatic heterocycles. The fourth-order valence-corrected chi connectivity index (χ4v) is 3.39. The van der Waals surface area contributed by atoms with Gasteiger partial charge in [-0.3, -0.25) is 0 Å². The van der Waals surface area contributed by atoms with Crippen molar-refractivity contribution in [2.24, 2.45) is 5.73 Å². The maximum absolute atomic E-state index is 6.16. The number of rotatable bonds is 5. The Morgan fingerprint density at radius 2 is 1.86 bits per heavy atom. The molecular weight excluding hydrogens is 278 g/mol. The lowest BCUT2D eigenvalue weighted by atomic mass is 10.0. The molecule has 0 amide bonds. The quantitative estimate of drug-likeness (QED) is 0.727. The average Bonchev–Trinajstić information content (AvgIpc) is 2.96. The molecule has 0 unspecified atom stereocenters. The normalized spacial score (nSPS) is 12.5. The lowest BCUT2D eigenvalue weighted by Gasteiger charge is -2.15. The van der Waals surface area contributed by atoms with Gasteiger partial charge in [0.2, 0.25) is 0 Å². The van der Waals surface area contributed by atoms with Gasteiger partial charge in [-0.05, 0) is 29.3 Å². The number of hydrogen-bond acceptors (Lipinski definition) is 3.